The van der Waals surface area contributed by atoms with E-state index in [4.69, 9.17) is 22.1 Å². The Kier molecular flexibility index (Phi) is 5.75. The van der Waals surface area contributed by atoms with Crippen molar-refractivity contribution in [3.8, 4) is 11.5 Å². The highest BCUT2D eigenvalue weighted by Gasteiger charge is 2.33. The number of thiocarbonyl (C=S) groups is 1. The van der Waals surface area contributed by atoms with Gasteiger partial charge in [-0.25, -0.2) is 8.78 Å². The van der Waals surface area contributed by atoms with E-state index in [2.05, 4.69) is 33.5 Å². The van der Waals surface area contributed by atoms with Gasteiger partial charge in [-0.15, -0.1) is 0 Å². The molecule has 0 amide bonds. The summed E-state index contributed by atoms with van der Waals surface area (Å²) in [6.07, 6.45) is -4.91. The van der Waals surface area contributed by atoms with Gasteiger partial charge in [0, 0.05) is 4.47 Å². The SMILES string of the molecule is NC(=S)Nc1cc(Br)cc(Cl)c1Oc1c(F)cc(C(F)(F)F)cc1F. The summed E-state index contributed by atoms with van der Waals surface area (Å²) in [6.45, 7) is 0. The molecular weight excluding hydrogens is 455 g/mol. The van der Waals surface area contributed by atoms with Crippen LogP contribution in [0.2, 0.25) is 5.02 Å². The molecule has 0 aliphatic rings. The van der Waals surface area contributed by atoms with Gasteiger partial charge in [0.05, 0.1) is 16.3 Å². The van der Waals surface area contributed by atoms with Crippen LogP contribution in [-0.4, -0.2) is 5.11 Å². The zero-order valence-electron chi connectivity index (χ0n) is 11.8. The first-order chi connectivity index (χ1) is 11.5. The monoisotopic (exact) mass is 460 g/mol. The first-order valence-electron chi connectivity index (χ1n) is 6.28. The van der Waals surface area contributed by atoms with Crippen LogP contribution in [0.1, 0.15) is 5.56 Å². The molecule has 3 nitrogen and oxygen atoms in total. The maximum atomic E-state index is 13.9. The minimum absolute atomic E-state index is 0.0607. The standard InChI is InChI=1S/C14H7BrClF5N2OS/c15-6-3-7(16)11(10(4-6)23-13(22)25)24-12-8(17)1-5(2-9(12)18)14(19,20)21/h1-4H,(H3,22,23,25). The van der Waals surface area contributed by atoms with Crippen LogP contribution in [0, 0.1) is 11.6 Å². The van der Waals surface area contributed by atoms with Gasteiger partial charge < -0.3 is 15.8 Å². The van der Waals surface area contributed by atoms with Crippen molar-refractivity contribution in [3.63, 3.8) is 0 Å². The summed E-state index contributed by atoms with van der Waals surface area (Å²) in [4.78, 5) is 0. The highest BCUT2D eigenvalue weighted by Crippen LogP contribution is 2.42. The summed E-state index contributed by atoms with van der Waals surface area (Å²) in [7, 11) is 0. The minimum atomic E-state index is -4.91. The number of hydrogen-bond acceptors (Lipinski definition) is 2. The number of ether oxygens (including phenoxy) is 1. The van der Waals surface area contributed by atoms with Gasteiger partial charge >= 0.3 is 6.18 Å². The van der Waals surface area contributed by atoms with Crippen LogP contribution in [0.5, 0.6) is 11.5 Å². The van der Waals surface area contributed by atoms with Crippen LogP contribution in [0.15, 0.2) is 28.7 Å². The quantitative estimate of drug-likeness (QED) is 0.445. The van der Waals surface area contributed by atoms with E-state index in [1.807, 2.05) is 0 Å². The number of benzene rings is 2. The smallest absolute Gasteiger partial charge is 0.416 e. The first-order valence-corrected chi connectivity index (χ1v) is 7.86. The van der Waals surface area contributed by atoms with Crippen LogP contribution >= 0.6 is 39.7 Å². The molecule has 3 N–H and O–H groups in total. The molecule has 0 heterocycles. The topological polar surface area (TPSA) is 47.3 Å². The van der Waals surface area contributed by atoms with Crippen LogP contribution in [-0.2, 0) is 6.18 Å². The molecule has 0 bridgehead atoms. The Morgan fingerprint density at radius 3 is 2.16 bits per heavy atom. The molecule has 11 heteroatoms. The number of anilines is 1. The number of nitrogens with one attached hydrogen (secondary N) is 1. The van der Waals surface area contributed by atoms with Gasteiger partial charge in [0.15, 0.2) is 28.2 Å². The van der Waals surface area contributed by atoms with Crippen LogP contribution < -0.4 is 15.8 Å². The largest absolute Gasteiger partial charge is 0.447 e. The summed E-state index contributed by atoms with van der Waals surface area (Å²) < 4.78 is 71.2. The van der Waals surface area contributed by atoms with E-state index >= 15 is 0 Å². The molecular formula is C14H7BrClF5N2OS. The Balaban J connectivity index is 2.52. The zero-order chi connectivity index (χ0) is 18.9. The van der Waals surface area contributed by atoms with Crippen molar-refractivity contribution >= 4 is 50.5 Å². The first kappa shape index (κ1) is 19.7. The average molecular weight is 462 g/mol. The molecule has 0 fully saturated rings. The molecule has 0 aliphatic carbocycles. The highest BCUT2D eigenvalue weighted by atomic mass is 79.9. The Bertz CT molecular complexity index is 824. The van der Waals surface area contributed by atoms with Gasteiger partial charge in [0.1, 0.15) is 0 Å². The number of alkyl halides is 3. The second-order valence-electron chi connectivity index (χ2n) is 4.62. The summed E-state index contributed by atoms with van der Waals surface area (Å²) >= 11 is 13.8. The lowest BCUT2D eigenvalue weighted by Crippen LogP contribution is -2.19. The van der Waals surface area contributed by atoms with Gasteiger partial charge in [0.25, 0.3) is 0 Å². The molecule has 134 valence electrons. The molecule has 2 aromatic carbocycles. The van der Waals surface area contributed by atoms with Crippen molar-refractivity contribution in [2.75, 3.05) is 5.32 Å². The van der Waals surface area contributed by atoms with Crippen molar-refractivity contribution in [1.82, 2.24) is 0 Å². The third-order valence-corrected chi connectivity index (χ3v) is 3.64. The summed E-state index contributed by atoms with van der Waals surface area (Å²) in [5.74, 6) is -4.42. The molecule has 0 unspecified atom stereocenters. The number of halogens is 7. The van der Waals surface area contributed by atoms with Crippen LogP contribution in [0.25, 0.3) is 0 Å². The maximum Gasteiger partial charge on any atom is 0.416 e. The third kappa shape index (κ3) is 4.71. The number of nitrogens with two attached hydrogens (primary N) is 1. The van der Waals surface area contributed by atoms with Gasteiger partial charge in [-0.3, -0.25) is 0 Å². The van der Waals surface area contributed by atoms with Crippen LogP contribution in [0.4, 0.5) is 27.6 Å². The molecule has 0 aromatic heterocycles. The second-order valence-corrected chi connectivity index (χ2v) is 6.39. The second kappa shape index (κ2) is 7.30. The highest BCUT2D eigenvalue weighted by molar-refractivity contribution is 9.10. The summed E-state index contributed by atoms with van der Waals surface area (Å²) in [5, 5.41) is 2.22. The molecule has 0 aliphatic heterocycles. The molecule has 0 radical (unpaired) electrons. The van der Waals surface area contributed by atoms with Gasteiger partial charge in [-0.1, -0.05) is 27.5 Å². The van der Waals surface area contributed by atoms with E-state index in [9.17, 15) is 22.0 Å². The van der Waals surface area contributed by atoms with E-state index < -0.39 is 29.1 Å². The maximum absolute atomic E-state index is 13.9. The molecule has 0 atom stereocenters. The van der Waals surface area contributed by atoms with E-state index in [-0.39, 0.29) is 33.7 Å². The predicted molar refractivity (Wildman–Crippen MR) is 91.0 cm³/mol. The summed E-state index contributed by atoms with van der Waals surface area (Å²) in [5.41, 5.74) is 3.92. The minimum Gasteiger partial charge on any atom is -0.447 e. The molecule has 0 spiro atoms. The Morgan fingerprint density at radius 2 is 1.68 bits per heavy atom. The Hall–Kier alpha value is -1.65. The van der Waals surface area contributed by atoms with E-state index in [1.165, 1.54) is 12.1 Å². The lowest BCUT2D eigenvalue weighted by molar-refractivity contribution is -0.138. The molecule has 2 aromatic rings. The summed E-state index contributed by atoms with van der Waals surface area (Å²) in [6, 6.07) is 2.99. The van der Waals surface area contributed by atoms with E-state index in [1.54, 1.807) is 0 Å². The van der Waals surface area contributed by atoms with E-state index in [0.29, 0.717) is 4.47 Å². The molecule has 2 rings (SSSR count). The fourth-order valence-electron chi connectivity index (χ4n) is 1.81. The van der Waals surface area contributed by atoms with Crippen LogP contribution in [0.3, 0.4) is 0 Å². The van der Waals surface area contributed by atoms with Gasteiger partial charge in [-0.2, -0.15) is 13.2 Å². The van der Waals surface area contributed by atoms with Crippen molar-refractivity contribution in [3.05, 3.63) is 51.0 Å². The Labute approximate surface area is 157 Å². The molecule has 0 saturated heterocycles. The number of rotatable bonds is 3. The van der Waals surface area contributed by atoms with Crippen molar-refractivity contribution in [2.24, 2.45) is 5.73 Å². The lowest BCUT2D eigenvalue weighted by atomic mass is 10.2. The van der Waals surface area contributed by atoms with Gasteiger partial charge in [0.2, 0.25) is 0 Å². The van der Waals surface area contributed by atoms with Gasteiger partial charge in [-0.05, 0) is 36.5 Å². The predicted octanol–water partition coefficient (Wildman–Crippen LogP) is 5.85. The average Bonchev–Trinajstić information content (AvgIpc) is 2.42. The molecule has 0 saturated carbocycles. The fraction of sp³-hybridized carbons (Fsp3) is 0.0714. The van der Waals surface area contributed by atoms with Crippen molar-refractivity contribution in [1.29, 1.82) is 0 Å². The van der Waals surface area contributed by atoms with E-state index in [0.717, 1.165) is 0 Å². The Morgan fingerprint density at radius 1 is 1.12 bits per heavy atom. The fourth-order valence-corrected chi connectivity index (χ4v) is 2.77. The number of hydrogen-bond donors (Lipinski definition) is 2. The van der Waals surface area contributed by atoms with Crippen molar-refractivity contribution < 1.29 is 26.7 Å². The van der Waals surface area contributed by atoms with Crippen molar-refractivity contribution in [2.45, 2.75) is 6.18 Å². The third-order valence-electron chi connectivity index (χ3n) is 2.80. The normalized spacial score (nSPS) is 11.3. The molecule has 25 heavy (non-hydrogen) atoms. The lowest BCUT2D eigenvalue weighted by Gasteiger charge is -2.16. The zero-order valence-corrected chi connectivity index (χ0v) is 15.0.